The molecule has 0 spiro atoms. The SMILES string of the molecule is CNc1nccc(-c2cc(NC(=O)CNC3CCN(C)CC3)c3cc(OC)ccc3c2)n1. The highest BCUT2D eigenvalue weighted by molar-refractivity contribution is 6.05. The number of fused-ring (bicyclic) bond motifs is 1. The molecule has 32 heavy (non-hydrogen) atoms. The predicted octanol–water partition coefficient (Wildman–Crippen LogP) is 2.97. The van der Waals surface area contributed by atoms with Gasteiger partial charge in [0.25, 0.3) is 0 Å². The lowest BCUT2D eigenvalue weighted by molar-refractivity contribution is -0.115. The molecule has 3 N–H and O–H groups in total. The van der Waals surface area contributed by atoms with E-state index in [1.165, 1.54) is 0 Å². The van der Waals surface area contributed by atoms with Gasteiger partial charge >= 0.3 is 0 Å². The van der Waals surface area contributed by atoms with Crippen molar-refractivity contribution < 1.29 is 9.53 Å². The van der Waals surface area contributed by atoms with Gasteiger partial charge in [-0.05, 0) is 68.7 Å². The number of methoxy groups -OCH3 is 1. The van der Waals surface area contributed by atoms with Gasteiger partial charge in [-0.2, -0.15) is 0 Å². The first-order valence-electron chi connectivity index (χ1n) is 10.9. The standard InChI is InChI=1S/C24H30N6O2/c1-25-24-26-9-6-21(29-24)17-12-16-4-5-19(32-3)14-20(16)22(13-17)28-23(31)15-27-18-7-10-30(2)11-8-18/h4-6,9,12-14,18,27H,7-8,10-11,15H2,1-3H3,(H,28,31)(H,25,26,29). The number of ether oxygens (including phenoxy) is 1. The first kappa shape index (κ1) is 22.0. The number of aromatic nitrogens is 2. The number of carbonyl (C=O) groups excluding carboxylic acids is 1. The smallest absolute Gasteiger partial charge is 0.238 e. The van der Waals surface area contributed by atoms with Crippen LogP contribution in [-0.2, 0) is 4.79 Å². The molecule has 3 aromatic rings. The molecule has 168 valence electrons. The Kier molecular flexibility index (Phi) is 6.82. The molecule has 0 saturated carbocycles. The normalized spacial score (nSPS) is 15.0. The number of anilines is 2. The first-order valence-corrected chi connectivity index (χ1v) is 10.9. The topological polar surface area (TPSA) is 91.4 Å². The van der Waals surface area contributed by atoms with Gasteiger partial charge in [0.05, 0.1) is 19.3 Å². The Balaban J connectivity index is 1.59. The van der Waals surface area contributed by atoms with Gasteiger partial charge < -0.3 is 25.6 Å². The summed E-state index contributed by atoms with van der Waals surface area (Å²) >= 11 is 0. The first-order chi connectivity index (χ1) is 15.6. The van der Waals surface area contributed by atoms with Crippen molar-refractivity contribution in [3.8, 4) is 17.0 Å². The molecular formula is C24H30N6O2. The number of benzene rings is 2. The molecule has 0 unspecified atom stereocenters. The number of carbonyl (C=O) groups is 1. The van der Waals surface area contributed by atoms with E-state index < -0.39 is 0 Å². The molecule has 4 rings (SSSR count). The second-order valence-electron chi connectivity index (χ2n) is 8.13. The highest BCUT2D eigenvalue weighted by atomic mass is 16.5. The molecule has 1 amide bonds. The lowest BCUT2D eigenvalue weighted by Gasteiger charge is -2.29. The van der Waals surface area contributed by atoms with E-state index in [9.17, 15) is 4.79 Å². The summed E-state index contributed by atoms with van der Waals surface area (Å²) in [4.78, 5) is 23.9. The second kappa shape index (κ2) is 9.93. The molecule has 1 aromatic heterocycles. The summed E-state index contributed by atoms with van der Waals surface area (Å²) in [5.74, 6) is 1.22. The third-order valence-electron chi connectivity index (χ3n) is 5.88. The van der Waals surface area contributed by atoms with Crippen LogP contribution in [0.5, 0.6) is 5.75 Å². The average molecular weight is 435 g/mol. The van der Waals surface area contributed by atoms with Gasteiger partial charge in [0.2, 0.25) is 11.9 Å². The monoisotopic (exact) mass is 434 g/mol. The molecular weight excluding hydrogens is 404 g/mol. The van der Waals surface area contributed by atoms with Crippen molar-refractivity contribution in [1.29, 1.82) is 0 Å². The Bertz CT molecular complexity index is 1100. The average Bonchev–Trinajstić information content (AvgIpc) is 2.83. The van der Waals surface area contributed by atoms with E-state index in [0.29, 0.717) is 12.0 Å². The molecule has 2 aromatic carbocycles. The third-order valence-corrected chi connectivity index (χ3v) is 5.88. The largest absolute Gasteiger partial charge is 0.497 e. The summed E-state index contributed by atoms with van der Waals surface area (Å²) in [7, 11) is 5.56. The van der Waals surface area contributed by atoms with E-state index in [0.717, 1.165) is 59.4 Å². The molecule has 1 aliphatic heterocycles. The molecule has 0 bridgehead atoms. The number of rotatable bonds is 7. The van der Waals surface area contributed by atoms with Crippen LogP contribution in [0.2, 0.25) is 0 Å². The summed E-state index contributed by atoms with van der Waals surface area (Å²) in [6.07, 6.45) is 3.83. The highest BCUT2D eigenvalue weighted by Gasteiger charge is 2.17. The van der Waals surface area contributed by atoms with Crippen molar-refractivity contribution in [2.45, 2.75) is 18.9 Å². The van der Waals surface area contributed by atoms with Gasteiger partial charge in [0.1, 0.15) is 5.75 Å². The van der Waals surface area contributed by atoms with Crippen molar-refractivity contribution in [3.05, 3.63) is 42.6 Å². The van der Waals surface area contributed by atoms with Crippen LogP contribution in [-0.4, -0.2) is 67.7 Å². The van der Waals surface area contributed by atoms with Gasteiger partial charge in [-0.25, -0.2) is 9.97 Å². The van der Waals surface area contributed by atoms with Gasteiger partial charge in [0.15, 0.2) is 0 Å². The highest BCUT2D eigenvalue weighted by Crippen LogP contribution is 2.33. The van der Waals surface area contributed by atoms with Crippen molar-refractivity contribution in [3.63, 3.8) is 0 Å². The Labute approximate surface area is 188 Å². The molecule has 0 atom stereocenters. The minimum Gasteiger partial charge on any atom is -0.497 e. The van der Waals surface area contributed by atoms with E-state index in [4.69, 9.17) is 4.74 Å². The fraction of sp³-hybridized carbons (Fsp3) is 0.375. The van der Waals surface area contributed by atoms with Crippen LogP contribution in [0, 0.1) is 0 Å². The Morgan fingerprint density at radius 3 is 2.75 bits per heavy atom. The fourth-order valence-corrected chi connectivity index (χ4v) is 4.00. The van der Waals surface area contributed by atoms with E-state index in [1.807, 2.05) is 30.3 Å². The molecule has 1 saturated heterocycles. The third kappa shape index (κ3) is 5.15. The molecule has 8 heteroatoms. The minimum absolute atomic E-state index is 0.0659. The summed E-state index contributed by atoms with van der Waals surface area (Å²) in [5.41, 5.74) is 2.42. The van der Waals surface area contributed by atoms with Crippen molar-refractivity contribution in [1.82, 2.24) is 20.2 Å². The second-order valence-corrected chi connectivity index (χ2v) is 8.13. The van der Waals surface area contributed by atoms with Crippen LogP contribution >= 0.6 is 0 Å². The van der Waals surface area contributed by atoms with E-state index in [-0.39, 0.29) is 12.5 Å². The molecule has 0 radical (unpaired) electrons. The maximum atomic E-state index is 12.8. The lowest BCUT2D eigenvalue weighted by atomic mass is 10.0. The van der Waals surface area contributed by atoms with Crippen LogP contribution in [0.15, 0.2) is 42.6 Å². The van der Waals surface area contributed by atoms with E-state index >= 15 is 0 Å². The Hall–Kier alpha value is -3.23. The van der Waals surface area contributed by atoms with Gasteiger partial charge in [-0.3, -0.25) is 4.79 Å². The Morgan fingerprint density at radius 1 is 1.19 bits per heavy atom. The van der Waals surface area contributed by atoms with Gasteiger partial charge in [-0.15, -0.1) is 0 Å². The number of amides is 1. The maximum Gasteiger partial charge on any atom is 0.238 e. The van der Waals surface area contributed by atoms with Crippen LogP contribution < -0.4 is 20.7 Å². The summed E-state index contributed by atoms with van der Waals surface area (Å²) in [6, 6.07) is 12.1. The number of nitrogens with one attached hydrogen (secondary N) is 3. The summed E-state index contributed by atoms with van der Waals surface area (Å²) in [5, 5.41) is 11.4. The van der Waals surface area contributed by atoms with Crippen LogP contribution in [0.3, 0.4) is 0 Å². The van der Waals surface area contributed by atoms with Crippen LogP contribution in [0.4, 0.5) is 11.6 Å². The van der Waals surface area contributed by atoms with Crippen molar-refractivity contribution in [2.75, 3.05) is 51.5 Å². The number of nitrogens with zero attached hydrogens (tertiary/aromatic N) is 3. The zero-order valence-electron chi connectivity index (χ0n) is 18.8. The van der Waals surface area contributed by atoms with Gasteiger partial charge in [0, 0.05) is 35.9 Å². The molecule has 8 nitrogen and oxygen atoms in total. The molecule has 0 aliphatic carbocycles. The summed E-state index contributed by atoms with van der Waals surface area (Å²) in [6.45, 7) is 2.39. The van der Waals surface area contributed by atoms with Crippen molar-refractivity contribution in [2.24, 2.45) is 0 Å². The summed E-state index contributed by atoms with van der Waals surface area (Å²) < 4.78 is 5.41. The number of hydrogen-bond donors (Lipinski definition) is 3. The fourth-order valence-electron chi connectivity index (χ4n) is 4.00. The number of hydrogen-bond acceptors (Lipinski definition) is 7. The molecule has 2 heterocycles. The number of piperidine rings is 1. The minimum atomic E-state index is -0.0659. The van der Waals surface area contributed by atoms with Crippen LogP contribution in [0.25, 0.3) is 22.0 Å². The number of likely N-dealkylation sites (tertiary alicyclic amines) is 1. The van der Waals surface area contributed by atoms with E-state index in [2.05, 4.69) is 43.9 Å². The maximum absolute atomic E-state index is 12.8. The Morgan fingerprint density at radius 2 is 2.00 bits per heavy atom. The lowest BCUT2D eigenvalue weighted by Crippen LogP contribution is -2.43. The predicted molar refractivity (Wildman–Crippen MR) is 128 cm³/mol. The zero-order chi connectivity index (χ0) is 22.5. The van der Waals surface area contributed by atoms with Gasteiger partial charge in [-0.1, -0.05) is 6.07 Å². The quantitative estimate of drug-likeness (QED) is 0.527. The van der Waals surface area contributed by atoms with Crippen LogP contribution in [0.1, 0.15) is 12.8 Å². The van der Waals surface area contributed by atoms with E-state index in [1.54, 1.807) is 20.4 Å². The molecule has 1 aliphatic rings. The molecule has 1 fully saturated rings. The zero-order valence-corrected chi connectivity index (χ0v) is 18.8. The van der Waals surface area contributed by atoms with Crippen molar-refractivity contribution >= 4 is 28.3 Å².